The average molecular weight is 879 g/mol. The second kappa shape index (κ2) is 15.7. The Balaban J connectivity index is 0.957. The van der Waals surface area contributed by atoms with Gasteiger partial charge in [-0.15, -0.1) is 0 Å². The quantitative estimate of drug-likeness (QED) is 0.149. The number of nitrogens with zero attached hydrogens (tertiary/aromatic N) is 2. The summed E-state index contributed by atoms with van der Waals surface area (Å²) in [6, 6.07) is 92.5. The minimum absolute atomic E-state index is 0.844. The molecule has 0 atom stereocenters. The Hall–Kier alpha value is -9.18. The Morgan fingerprint density at radius 1 is 0.290 bits per heavy atom. The molecule has 0 fully saturated rings. The molecule has 0 unspecified atom stereocenters. The van der Waals surface area contributed by atoms with Crippen molar-refractivity contribution in [2.24, 2.45) is 0 Å². The summed E-state index contributed by atoms with van der Waals surface area (Å²) in [7, 11) is 0. The zero-order chi connectivity index (χ0) is 45.4. The monoisotopic (exact) mass is 878 g/mol. The number of furan rings is 1. The summed E-state index contributed by atoms with van der Waals surface area (Å²) in [5.41, 5.74) is 15.2. The molecule has 12 aromatic carbocycles. The summed E-state index contributed by atoms with van der Waals surface area (Å²) >= 11 is 0. The number of hydrogen-bond donors (Lipinski definition) is 0. The molecule has 0 saturated heterocycles. The lowest BCUT2D eigenvalue weighted by Gasteiger charge is -2.28. The summed E-state index contributed by atoms with van der Waals surface area (Å²) in [5, 5.41) is 11.9. The van der Waals surface area contributed by atoms with Crippen LogP contribution in [0.1, 0.15) is 0 Å². The van der Waals surface area contributed by atoms with Gasteiger partial charge in [0.05, 0.1) is 22.4 Å². The summed E-state index contributed by atoms with van der Waals surface area (Å²) in [4.78, 5) is 2.39. The molecule has 0 saturated carbocycles. The van der Waals surface area contributed by atoms with Crippen LogP contribution in [0, 0.1) is 0 Å². The molecule has 14 aromatic rings. The van der Waals surface area contributed by atoms with Gasteiger partial charge < -0.3 is 13.9 Å². The Morgan fingerprint density at radius 3 is 1.61 bits per heavy atom. The number of anilines is 3. The molecule has 0 amide bonds. The number of rotatable bonds is 7. The van der Waals surface area contributed by atoms with Crippen molar-refractivity contribution in [3.63, 3.8) is 0 Å². The van der Waals surface area contributed by atoms with E-state index in [1.165, 1.54) is 48.9 Å². The van der Waals surface area contributed by atoms with E-state index in [1.807, 2.05) is 0 Å². The summed E-state index contributed by atoms with van der Waals surface area (Å²) in [6.07, 6.45) is 0. The molecule has 0 aliphatic rings. The molecule has 3 heteroatoms. The lowest BCUT2D eigenvalue weighted by Crippen LogP contribution is -2.11. The Morgan fingerprint density at radius 2 is 0.826 bits per heavy atom. The zero-order valence-corrected chi connectivity index (χ0v) is 37.6. The number of hydrogen-bond acceptors (Lipinski definition) is 2. The highest BCUT2D eigenvalue weighted by Gasteiger charge is 2.24. The predicted molar refractivity (Wildman–Crippen MR) is 292 cm³/mol. The Bertz CT molecular complexity index is 4260. The maximum atomic E-state index is 7.09. The van der Waals surface area contributed by atoms with Gasteiger partial charge in [0, 0.05) is 43.9 Å². The second-order valence-corrected chi connectivity index (χ2v) is 18.0. The van der Waals surface area contributed by atoms with E-state index in [9.17, 15) is 0 Å². The molecule has 3 nitrogen and oxygen atoms in total. The first-order valence-electron chi connectivity index (χ1n) is 23.7. The van der Waals surface area contributed by atoms with Crippen LogP contribution in [0.25, 0.3) is 115 Å². The van der Waals surface area contributed by atoms with Gasteiger partial charge in [0.1, 0.15) is 5.58 Å². The van der Waals surface area contributed by atoms with Crippen LogP contribution in [0.2, 0.25) is 0 Å². The molecule has 0 bridgehead atoms. The van der Waals surface area contributed by atoms with Crippen molar-refractivity contribution in [3.8, 4) is 39.1 Å². The standard InChI is InChI=1S/C66H42N2O/c1-2-14-44(15-3-1)60-42-50(49-31-30-47-29-28-45-16-4-6-20-53(45)59(47)41-49)35-39-63(60)67(64-27-13-24-57-58-38-34-46-17-5-7-21-54(46)65(58)69-66(57)64)51-36-32-43(33-37-51)48-18-12-19-52(40-48)68-61-25-10-8-22-55(61)56-23-9-11-26-62(56)68/h1-42H. The van der Waals surface area contributed by atoms with E-state index in [-0.39, 0.29) is 0 Å². The van der Waals surface area contributed by atoms with Gasteiger partial charge in [-0.3, -0.25) is 0 Å². The highest BCUT2D eigenvalue weighted by atomic mass is 16.3. The molecule has 69 heavy (non-hydrogen) atoms. The molecule has 0 N–H and O–H groups in total. The van der Waals surface area contributed by atoms with E-state index in [2.05, 4.69) is 264 Å². The maximum Gasteiger partial charge on any atom is 0.159 e. The van der Waals surface area contributed by atoms with Crippen LogP contribution in [-0.4, -0.2) is 4.57 Å². The molecule has 0 spiro atoms. The van der Waals surface area contributed by atoms with Crippen LogP contribution in [-0.2, 0) is 0 Å². The van der Waals surface area contributed by atoms with Gasteiger partial charge in [-0.2, -0.15) is 0 Å². The van der Waals surface area contributed by atoms with E-state index >= 15 is 0 Å². The van der Waals surface area contributed by atoms with Crippen molar-refractivity contribution in [1.82, 2.24) is 4.57 Å². The number of aromatic nitrogens is 1. The van der Waals surface area contributed by atoms with E-state index in [0.29, 0.717) is 0 Å². The molecular weight excluding hydrogens is 837 g/mol. The Labute approximate surface area is 399 Å². The second-order valence-electron chi connectivity index (χ2n) is 18.0. The summed E-state index contributed by atoms with van der Waals surface area (Å²) in [5.74, 6) is 0. The van der Waals surface area contributed by atoms with Crippen molar-refractivity contribution in [1.29, 1.82) is 0 Å². The maximum absolute atomic E-state index is 7.09. The van der Waals surface area contributed by atoms with Gasteiger partial charge >= 0.3 is 0 Å². The molecule has 14 rings (SSSR count). The van der Waals surface area contributed by atoms with Crippen molar-refractivity contribution >= 4 is 93.1 Å². The molecule has 0 radical (unpaired) electrons. The highest BCUT2D eigenvalue weighted by molar-refractivity contribution is 6.18. The molecule has 0 aliphatic carbocycles. The molecule has 2 heterocycles. The first-order chi connectivity index (χ1) is 34.2. The van der Waals surface area contributed by atoms with Crippen LogP contribution in [0.4, 0.5) is 17.1 Å². The highest BCUT2D eigenvalue weighted by Crippen LogP contribution is 2.48. The fraction of sp³-hybridized carbons (Fsp3) is 0. The van der Waals surface area contributed by atoms with E-state index in [1.54, 1.807) is 0 Å². The number of benzene rings is 12. The fourth-order valence-electron chi connectivity index (χ4n) is 10.9. The molecule has 322 valence electrons. The van der Waals surface area contributed by atoms with Crippen molar-refractivity contribution < 1.29 is 4.42 Å². The van der Waals surface area contributed by atoms with Crippen LogP contribution in [0.3, 0.4) is 0 Å². The lowest BCUT2D eigenvalue weighted by molar-refractivity contribution is 0.673. The first kappa shape index (κ1) is 39.0. The van der Waals surface area contributed by atoms with Crippen LogP contribution in [0.5, 0.6) is 0 Å². The molecule has 0 aliphatic heterocycles. The molecular formula is C66H42N2O. The minimum atomic E-state index is 0.844. The van der Waals surface area contributed by atoms with Crippen LogP contribution in [0.15, 0.2) is 259 Å². The molecule has 2 aromatic heterocycles. The van der Waals surface area contributed by atoms with Gasteiger partial charge in [-0.05, 0) is 121 Å². The number of fused-ring (bicyclic) bond motifs is 11. The predicted octanol–water partition coefficient (Wildman–Crippen LogP) is 18.6. The Kier molecular flexibility index (Phi) is 8.90. The van der Waals surface area contributed by atoms with Gasteiger partial charge in [0.15, 0.2) is 5.58 Å². The lowest BCUT2D eigenvalue weighted by atomic mass is 9.93. The average Bonchev–Trinajstić information content (AvgIpc) is 3.98. The van der Waals surface area contributed by atoms with Crippen molar-refractivity contribution in [2.45, 2.75) is 0 Å². The van der Waals surface area contributed by atoms with E-state index in [4.69, 9.17) is 4.42 Å². The third-order valence-electron chi connectivity index (χ3n) is 14.2. The van der Waals surface area contributed by atoms with Gasteiger partial charge in [0.2, 0.25) is 0 Å². The van der Waals surface area contributed by atoms with Crippen molar-refractivity contribution in [2.75, 3.05) is 4.90 Å². The minimum Gasteiger partial charge on any atom is -0.453 e. The smallest absolute Gasteiger partial charge is 0.159 e. The van der Waals surface area contributed by atoms with Gasteiger partial charge in [-0.25, -0.2) is 0 Å². The number of para-hydroxylation sites is 3. The first-order valence-corrected chi connectivity index (χ1v) is 23.7. The largest absolute Gasteiger partial charge is 0.453 e. The third kappa shape index (κ3) is 6.36. The summed E-state index contributed by atoms with van der Waals surface area (Å²) < 4.78 is 9.48. The SMILES string of the molecule is c1ccc(-c2cc(-c3ccc4ccc5ccccc5c4c3)ccc2N(c2ccc(-c3cccc(-n4c5ccccc5c5ccccc54)c3)cc2)c2cccc3c2oc2c4ccccc4ccc32)cc1. The zero-order valence-electron chi connectivity index (χ0n) is 37.6. The van der Waals surface area contributed by atoms with Gasteiger partial charge in [0.25, 0.3) is 0 Å². The van der Waals surface area contributed by atoms with Gasteiger partial charge in [-0.1, -0.05) is 188 Å². The fourth-order valence-corrected chi connectivity index (χ4v) is 10.9. The van der Waals surface area contributed by atoms with Crippen molar-refractivity contribution in [3.05, 3.63) is 255 Å². The normalized spacial score (nSPS) is 11.8. The van der Waals surface area contributed by atoms with E-state index < -0.39 is 0 Å². The van der Waals surface area contributed by atoms with E-state index in [0.717, 1.165) is 83.3 Å². The van der Waals surface area contributed by atoms with Crippen LogP contribution >= 0.6 is 0 Å². The van der Waals surface area contributed by atoms with Crippen LogP contribution < -0.4 is 4.90 Å². The summed E-state index contributed by atoms with van der Waals surface area (Å²) in [6.45, 7) is 0. The third-order valence-corrected chi connectivity index (χ3v) is 14.2. The topological polar surface area (TPSA) is 21.3 Å².